The maximum Gasteiger partial charge on any atom is 0.280 e. The van der Waals surface area contributed by atoms with E-state index in [0.717, 1.165) is 0 Å². The summed E-state index contributed by atoms with van der Waals surface area (Å²) in [5.41, 5.74) is 0.918. The van der Waals surface area contributed by atoms with E-state index in [-0.39, 0.29) is 32.8 Å². The molecule has 0 bridgehead atoms. The van der Waals surface area contributed by atoms with Gasteiger partial charge in [0.2, 0.25) is 0 Å². The monoisotopic (exact) mass is 442 g/mol. The highest BCUT2D eigenvalue weighted by molar-refractivity contribution is 7.71. The van der Waals surface area contributed by atoms with Crippen LogP contribution in [0.5, 0.6) is 0 Å². The molecule has 0 spiro atoms. The van der Waals surface area contributed by atoms with Crippen molar-refractivity contribution in [1.29, 1.82) is 0 Å². The first-order chi connectivity index (χ1) is 15.6. The van der Waals surface area contributed by atoms with E-state index in [1.807, 2.05) is 36.4 Å². The molecule has 0 saturated carbocycles. The lowest BCUT2D eigenvalue weighted by molar-refractivity contribution is -0.384. The summed E-state index contributed by atoms with van der Waals surface area (Å²) in [7, 11) is 0. The van der Waals surface area contributed by atoms with E-state index in [1.54, 1.807) is 41.0 Å². The van der Waals surface area contributed by atoms with Gasteiger partial charge in [0.1, 0.15) is 5.39 Å². The largest absolute Gasteiger partial charge is 0.353 e. The van der Waals surface area contributed by atoms with Gasteiger partial charge in [-0.2, -0.15) is 0 Å². The number of rotatable bonds is 4. The summed E-state index contributed by atoms with van der Waals surface area (Å²) in [6.45, 7) is 0. The summed E-state index contributed by atoms with van der Waals surface area (Å²) in [6, 6.07) is 24.2. The van der Waals surface area contributed by atoms with Crippen molar-refractivity contribution < 1.29 is 9.45 Å². The van der Waals surface area contributed by atoms with Gasteiger partial charge in [0.25, 0.3) is 11.2 Å². The summed E-state index contributed by atoms with van der Waals surface area (Å²) in [5, 5.41) is 15.8. The Balaban J connectivity index is 1.96. The van der Waals surface area contributed by atoms with Crippen LogP contribution in [0.2, 0.25) is 0 Å². The highest BCUT2D eigenvalue weighted by Crippen LogP contribution is 2.34. The van der Waals surface area contributed by atoms with Crippen LogP contribution in [0.1, 0.15) is 0 Å². The summed E-state index contributed by atoms with van der Waals surface area (Å²) in [5.74, 6) is 0.0154. The number of nitrogens with zero attached hydrogens (tertiary/aromatic N) is 4. The summed E-state index contributed by atoms with van der Waals surface area (Å²) in [6.07, 6.45) is 0. The maximum absolute atomic E-state index is 13.7. The number of nitro groups is 1. The number of para-hydroxylation sites is 3. The first-order valence-corrected chi connectivity index (χ1v) is 10.0. The van der Waals surface area contributed by atoms with Crippen molar-refractivity contribution in [3.8, 4) is 22.7 Å². The standard InChI is InChI=1S/C23H14N4O4S/c28-22-19-20(17-13-7-8-14-18(17)27(29)30)31-24-21(19)25(15-9-3-1-4-10-15)23(32)26(22)16-11-5-2-6-12-16/h1-14H. The molecule has 0 unspecified atom stereocenters. The fraction of sp³-hybridized carbons (Fsp3) is 0. The minimum absolute atomic E-state index is 0.0154. The molecule has 2 aromatic heterocycles. The highest BCUT2D eigenvalue weighted by atomic mass is 32.1. The van der Waals surface area contributed by atoms with Gasteiger partial charge < -0.3 is 4.52 Å². The number of hydrogen-bond acceptors (Lipinski definition) is 6. The van der Waals surface area contributed by atoms with Crippen molar-refractivity contribution in [2.24, 2.45) is 0 Å². The van der Waals surface area contributed by atoms with E-state index >= 15 is 0 Å². The average molecular weight is 442 g/mol. The minimum atomic E-state index is -0.522. The zero-order valence-corrected chi connectivity index (χ0v) is 17.2. The van der Waals surface area contributed by atoms with E-state index in [9.17, 15) is 14.9 Å². The molecule has 32 heavy (non-hydrogen) atoms. The molecular formula is C23H14N4O4S. The lowest BCUT2D eigenvalue weighted by atomic mass is 10.1. The molecule has 5 rings (SSSR count). The lowest BCUT2D eigenvalue weighted by Crippen LogP contribution is -2.23. The molecule has 0 N–H and O–H groups in total. The first-order valence-electron chi connectivity index (χ1n) is 9.60. The third-order valence-corrected chi connectivity index (χ3v) is 5.42. The van der Waals surface area contributed by atoms with Crippen molar-refractivity contribution in [3.05, 3.63) is 110 Å². The van der Waals surface area contributed by atoms with E-state index in [0.29, 0.717) is 11.4 Å². The van der Waals surface area contributed by atoms with Gasteiger partial charge in [0.15, 0.2) is 16.2 Å². The molecule has 0 saturated heterocycles. The van der Waals surface area contributed by atoms with Crippen LogP contribution in [0, 0.1) is 14.9 Å². The molecule has 2 heterocycles. The Morgan fingerprint density at radius 1 is 0.844 bits per heavy atom. The zero-order valence-electron chi connectivity index (χ0n) is 16.4. The summed E-state index contributed by atoms with van der Waals surface area (Å²) < 4.78 is 8.74. The molecule has 0 amide bonds. The Kier molecular flexibility index (Phi) is 4.72. The van der Waals surface area contributed by atoms with Gasteiger partial charge in [-0.3, -0.25) is 24.0 Å². The number of fused-ring (bicyclic) bond motifs is 1. The molecule has 0 aliphatic rings. The second-order valence-electron chi connectivity index (χ2n) is 6.91. The molecule has 0 radical (unpaired) electrons. The van der Waals surface area contributed by atoms with Crippen LogP contribution < -0.4 is 5.56 Å². The number of aromatic nitrogens is 3. The molecule has 8 nitrogen and oxygen atoms in total. The van der Waals surface area contributed by atoms with E-state index in [4.69, 9.17) is 16.7 Å². The Morgan fingerprint density at radius 2 is 1.41 bits per heavy atom. The molecule has 0 aliphatic carbocycles. The van der Waals surface area contributed by atoms with E-state index < -0.39 is 10.5 Å². The van der Waals surface area contributed by atoms with Crippen molar-refractivity contribution in [2.45, 2.75) is 0 Å². The van der Waals surface area contributed by atoms with Gasteiger partial charge in [0, 0.05) is 11.8 Å². The van der Waals surface area contributed by atoms with Crippen molar-refractivity contribution in [1.82, 2.24) is 14.3 Å². The predicted molar refractivity (Wildman–Crippen MR) is 122 cm³/mol. The molecule has 0 fully saturated rings. The molecule has 3 aromatic carbocycles. The minimum Gasteiger partial charge on any atom is -0.353 e. The highest BCUT2D eigenvalue weighted by Gasteiger charge is 2.26. The smallest absolute Gasteiger partial charge is 0.280 e. The molecule has 0 atom stereocenters. The summed E-state index contributed by atoms with van der Waals surface area (Å²) >= 11 is 5.70. The Bertz CT molecular complexity index is 1590. The van der Waals surface area contributed by atoms with Crippen molar-refractivity contribution in [2.75, 3.05) is 0 Å². The van der Waals surface area contributed by atoms with Crippen LogP contribution in [-0.2, 0) is 0 Å². The first kappa shape index (κ1) is 19.6. The Morgan fingerprint density at radius 3 is 2.03 bits per heavy atom. The van der Waals surface area contributed by atoms with Gasteiger partial charge in [-0.15, -0.1) is 0 Å². The van der Waals surface area contributed by atoms with Crippen LogP contribution in [-0.4, -0.2) is 19.2 Å². The van der Waals surface area contributed by atoms with Crippen LogP contribution in [0.3, 0.4) is 0 Å². The number of hydrogen-bond donors (Lipinski definition) is 0. The van der Waals surface area contributed by atoms with Crippen LogP contribution in [0.4, 0.5) is 5.69 Å². The number of nitro benzene ring substituents is 1. The third-order valence-electron chi connectivity index (χ3n) is 5.06. The van der Waals surface area contributed by atoms with E-state index in [1.165, 1.54) is 16.7 Å². The predicted octanol–water partition coefficient (Wildman–Crippen LogP) is 5.07. The molecular weight excluding hydrogens is 428 g/mol. The quantitative estimate of drug-likeness (QED) is 0.219. The molecule has 5 aromatic rings. The third kappa shape index (κ3) is 3.03. The molecule has 0 aliphatic heterocycles. The van der Waals surface area contributed by atoms with Gasteiger partial charge in [-0.25, -0.2) is 0 Å². The average Bonchev–Trinajstić information content (AvgIpc) is 3.25. The van der Waals surface area contributed by atoms with Crippen molar-refractivity contribution >= 4 is 28.9 Å². The van der Waals surface area contributed by atoms with Crippen LogP contribution in [0.25, 0.3) is 33.7 Å². The van der Waals surface area contributed by atoms with Crippen molar-refractivity contribution in [3.63, 3.8) is 0 Å². The van der Waals surface area contributed by atoms with Gasteiger partial charge in [-0.1, -0.05) is 53.7 Å². The lowest BCUT2D eigenvalue weighted by Gasteiger charge is -2.13. The number of benzene rings is 3. The Hall–Kier alpha value is -4.37. The second kappa shape index (κ2) is 7.71. The topological polar surface area (TPSA) is 96.1 Å². The van der Waals surface area contributed by atoms with Gasteiger partial charge in [-0.05, 0) is 42.5 Å². The Labute approximate surface area is 185 Å². The fourth-order valence-corrected chi connectivity index (χ4v) is 4.02. The second-order valence-corrected chi connectivity index (χ2v) is 7.28. The SMILES string of the molecule is O=c1c2c(-c3ccccc3[N+](=O)[O-])onc2n(-c2ccccc2)c(=S)n1-c1ccccc1. The zero-order chi connectivity index (χ0) is 22.2. The summed E-state index contributed by atoms with van der Waals surface area (Å²) in [4.78, 5) is 24.8. The van der Waals surface area contributed by atoms with Gasteiger partial charge in [0.05, 0.1) is 16.2 Å². The normalized spacial score (nSPS) is 11.0. The van der Waals surface area contributed by atoms with Crippen LogP contribution in [0.15, 0.2) is 94.2 Å². The van der Waals surface area contributed by atoms with Gasteiger partial charge >= 0.3 is 0 Å². The van der Waals surface area contributed by atoms with E-state index in [2.05, 4.69) is 5.16 Å². The molecule has 9 heteroatoms. The van der Waals surface area contributed by atoms with Crippen LogP contribution >= 0.6 is 12.2 Å². The maximum atomic E-state index is 13.7. The fourth-order valence-electron chi connectivity index (χ4n) is 3.64. The molecule has 156 valence electrons.